The predicted octanol–water partition coefficient (Wildman–Crippen LogP) is 1.69. The molecule has 20 heavy (non-hydrogen) atoms. The highest BCUT2D eigenvalue weighted by atomic mass is 16.3. The summed E-state index contributed by atoms with van der Waals surface area (Å²) in [6.07, 6.45) is 0.293. The van der Waals surface area contributed by atoms with E-state index in [9.17, 15) is 14.7 Å². The summed E-state index contributed by atoms with van der Waals surface area (Å²) in [5.41, 5.74) is 0.489. The number of carbonyl (C=O) groups excluding carboxylic acids is 2. The minimum absolute atomic E-state index is 0.117. The molecule has 4 heteroatoms. The molecule has 0 aromatic heterocycles. The molecular formula is C16H19NO3. The molecule has 0 radical (unpaired) electrons. The van der Waals surface area contributed by atoms with Crippen molar-refractivity contribution >= 4 is 11.8 Å². The fourth-order valence-corrected chi connectivity index (χ4v) is 3.24. The summed E-state index contributed by atoms with van der Waals surface area (Å²) in [7, 11) is 0. The Bertz CT molecular complexity index is 552. The number of amides is 2. The quantitative estimate of drug-likeness (QED) is 0.834. The number of nitrogens with zero attached hydrogens (tertiary/aromatic N) is 1. The van der Waals surface area contributed by atoms with Gasteiger partial charge < -0.3 is 5.11 Å². The number of rotatable bonds is 2. The summed E-state index contributed by atoms with van der Waals surface area (Å²) in [6.45, 7) is 3.81. The van der Waals surface area contributed by atoms with Gasteiger partial charge in [-0.05, 0) is 12.0 Å². The van der Waals surface area contributed by atoms with Gasteiger partial charge in [0.1, 0.15) is 0 Å². The molecule has 1 saturated heterocycles. The van der Waals surface area contributed by atoms with Crippen LogP contribution in [-0.4, -0.2) is 34.0 Å². The van der Waals surface area contributed by atoms with Crippen LogP contribution in [0, 0.1) is 5.41 Å². The highest BCUT2D eigenvalue weighted by molar-refractivity contribution is 6.06. The molecule has 2 amide bonds. The largest absolute Gasteiger partial charge is 0.392 e. The van der Waals surface area contributed by atoms with E-state index in [1.807, 2.05) is 44.2 Å². The van der Waals surface area contributed by atoms with Gasteiger partial charge in [-0.15, -0.1) is 0 Å². The molecule has 1 aromatic carbocycles. The van der Waals surface area contributed by atoms with E-state index < -0.39 is 11.5 Å². The van der Waals surface area contributed by atoms with Crippen LogP contribution < -0.4 is 0 Å². The van der Waals surface area contributed by atoms with Gasteiger partial charge in [0.15, 0.2) is 0 Å². The maximum absolute atomic E-state index is 12.6. The summed E-state index contributed by atoms with van der Waals surface area (Å²) < 4.78 is 0. The summed E-state index contributed by atoms with van der Waals surface area (Å²) in [5, 5.41) is 9.81. The molecule has 0 bridgehead atoms. The monoisotopic (exact) mass is 273 g/mol. The zero-order valence-electron chi connectivity index (χ0n) is 11.7. The molecule has 3 atom stereocenters. The molecule has 106 valence electrons. The van der Waals surface area contributed by atoms with Crippen molar-refractivity contribution in [2.45, 2.75) is 44.8 Å². The lowest BCUT2D eigenvalue weighted by Crippen LogP contribution is -2.62. The number of likely N-dealkylation sites (tertiary alicyclic amines) is 1. The Kier molecular flexibility index (Phi) is 2.94. The second-order valence-corrected chi connectivity index (χ2v) is 6.36. The van der Waals surface area contributed by atoms with Crippen molar-refractivity contribution in [2.24, 2.45) is 5.41 Å². The zero-order chi connectivity index (χ0) is 14.5. The maximum Gasteiger partial charge on any atom is 0.237 e. The molecule has 1 aromatic rings. The summed E-state index contributed by atoms with van der Waals surface area (Å²) in [4.78, 5) is 26.2. The predicted molar refractivity (Wildman–Crippen MR) is 73.8 cm³/mol. The highest BCUT2D eigenvalue weighted by Gasteiger charge is 2.56. The van der Waals surface area contributed by atoms with Crippen LogP contribution in [0.25, 0.3) is 0 Å². The number of imide groups is 1. The third kappa shape index (κ3) is 1.79. The Labute approximate surface area is 118 Å². The first-order chi connectivity index (χ1) is 9.43. The summed E-state index contributed by atoms with van der Waals surface area (Å²) >= 11 is 0. The second-order valence-electron chi connectivity index (χ2n) is 6.36. The van der Waals surface area contributed by atoms with E-state index in [1.54, 1.807) is 0 Å². The Morgan fingerprint density at radius 1 is 1.20 bits per heavy atom. The van der Waals surface area contributed by atoms with Crippen LogP contribution in [0.4, 0.5) is 0 Å². The third-order valence-corrected chi connectivity index (χ3v) is 4.86. The van der Waals surface area contributed by atoms with E-state index in [1.165, 1.54) is 4.90 Å². The molecule has 1 heterocycles. The standard InChI is InChI=1S/C16H19NO3/c1-16(2)12(9-13(16)18)17-14(19)8-11(15(17)20)10-6-4-3-5-7-10/h3-7,11-13,18H,8-9H2,1-2H3. The van der Waals surface area contributed by atoms with Crippen molar-refractivity contribution in [3.05, 3.63) is 35.9 Å². The Morgan fingerprint density at radius 3 is 2.40 bits per heavy atom. The van der Waals surface area contributed by atoms with Gasteiger partial charge in [-0.3, -0.25) is 14.5 Å². The lowest BCUT2D eigenvalue weighted by molar-refractivity contribution is -0.162. The molecule has 2 aliphatic rings. The number of aliphatic hydroxyl groups is 1. The van der Waals surface area contributed by atoms with Gasteiger partial charge in [0.25, 0.3) is 0 Å². The van der Waals surface area contributed by atoms with Gasteiger partial charge in [0, 0.05) is 17.9 Å². The first-order valence-electron chi connectivity index (χ1n) is 7.02. The molecule has 1 saturated carbocycles. The minimum atomic E-state index is -0.441. The average Bonchev–Trinajstić information content (AvgIpc) is 2.72. The van der Waals surface area contributed by atoms with Crippen LogP contribution in [0.2, 0.25) is 0 Å². The minimum Gasteiger partial charge on any atom is -0.392 e. The summed E-state index contributed by atoms with van der Waals surface area (Å²) in [6, 6.07) is 9.26. The van der Waals surface area contributed by atoms with Gasteiger partial charge in [-0.2, -0.15) is 0 Å². The Balaban J connectivity index is 1.85. The van der Waals surface area contributed by atoms with Crippen LogP contribution in [0.15, 0.2) is 30.3 Å². The van der Waals surface area contributed by atoms with Crippen molar-refractivity contribution in [1.82, 2.24) is 4.90 Å². The van der Waals surface area contributed by atoms with Gasteiger partial charge in [-0.1, -0.05) is 44.2 Å². The van der Waals surface area contributed by atoms with E-state index >= 15 is 0 Å². The first-order valence-corrected chi connectivity index (χ1v) is 7.02. The van der Waals surface area contributed by atoms with Crippen molar-refractivity contribution in [1.29, 1.82) is 0 Å². The Hall–Kier alpha value is -1.68. The zero-order valence-corrected chi connectivity index (χ0v) is 11.7. The van der Waals surface area contributed by atoms with Crippen molar-refractivity contribution in [3.8, 4) is 0 Å². The van der Waals surface area contributed by atoms with Crippen LogP contribution in [0.1, 0.15) is 38.2 Å². The molecule has 1 aliphatic heterocycles. The average molecular weight is 273 g/mol. The Morgan fingerprint density at radius 2 is 1.85 bits per heavy atom. The van der Waals surface area contributed by atoms with Crippen molar-refractivity contribution in [2.75, 3.05) is 0 Å². The third-order valence-electron chi connectivity index (χ3n) is 4.86. The fourth-order valence-electron chi connectivity index (χ4n) is 3.24. The van der Waals surface area contributed by atoms with Crippen molar-refractivity contribution < 1.29 is 14.7 Å². The van der Waals surface area contributed by atoms with E-state index in [0.29, 0.717) is 6.42 Å². The van der Waals surface area contributed by atoms with Crippen LogP contribution in [-0.2, 0) is 9.59 Å². The van der Waals surface area contributed by atoms with Crippen LogP contribution >= 0.6 is 0 Å². The lowest BCUT2D eigenvalue weighted by atomic mass is 9.64. The lowest BCUT2D eigenvalue weighted by Gasteiger charge is -2.52. The molecule has 1 N–H and O–H groups in total. The molecule has 3 rings (SSSR count). The highest BCUT2D eigenvalue weighted by Crippen LogP contribution is 2.46. The molecule has 2 fully saturated rings. The number of hydrogen-bond acceptors (Lipinski definition) is 3. The molecule has 1 aliphatic carbocycles. The number of aliphatic hydroxyl groups excluding tert-OH is 1. The topological polar surface area (TPSA) is 57.6 Å². The normalized spacial score (nSPS) is 32.4. The summed E-state index contributed by atoms with van der Waals surface area (Å²) in [5.74, 6) is -0.600. The smallest absolute Gasteiger partial charge is 0.237 e. The number of benzene rings is 1. The SMILES string of the molecule is CC1(C)C(O)CC1N1C(=O)CC(c2ccccc2)C1=O. The number of carbonyl (C=O) groups is 2. The first kappa shape index (κ1) is 13.3. The van der Waals surface area contributed by atoms with E-state index in [0.717, 1.165) is 5.56 Å². The molecule has 0 spiro atoms. The molecular weight excluding hydrogens is 254 g/mol. The molecule has 3 unspecified atom stereocenters. The fraction of sp³-hybridized carbons (Fsp3) is 0.500. The van der Waals surface area contributed by atoms with Gasteiger partial charge in [0.05, 0.1) is 12.0 Å². The van der Waals surface area contributed by atoms with Crippen LogP contribution in [0.5, 0.6) is 0 Å². The van der Waals surface area contributed by atoms with E-state index in [2.05, 4.69) is 0 Å². The van der Waals surface area contributed by atoms with Gasteiger partial charge in [-0.25, -0.2) is 0 Å². The van der Waals surface area contributed by atoms with Gasteiger partial charge in [0.2, 0.25) is 11.8 Å². The molecule has 4 nitrogen and oxygen atoms in total. The van der Waals surface area contributed by atoms with Crippen molar-refractivity contribution in [3.63, 3.8) is 0 Å². The van der Waals surface area contributed by atoms with E-state index in [4.69, 9.17) is 0 Å². The number of hydrogen-bond donors (Lipinski definition) is 1. The van der Waals surface area contributed by atoms with Crippen LogP contribution in [0.3, 0.4) is 0 Å². The van der Waals surface area contributed by atoms with Gasteiger partial charge >= 0.3 is 0 Å². The maximum atomic E-state index is 12.6. The van der Waals surface area contributed by atoms with E-state index in [-0.39, 0.29) is 30.2 Å². The second kappa shape index (κ2) is 4.42.